The Morgan fingerprint density at radius 2 is 1.63 bits per heavy atom. The number of hydrazone groups is 1. The minimum absolute atomic E-state index is 0.173. The first kappa shape index (κ1) is 25.7. The van der Waals surface area contributed by atoms with Gasteiger partial charge in [-0.05, 0) is 48.5 Å². The molecule has 0 atom stereocenters. The number of ether oxygens (including phenoxy) is 3. The molecular weight excluding hydrogens is 542 g/mol. The average Bonchev–Trinajstić information content (AvgIpc) is 2.86. The number of amides is 2. The molecule has 0 fully saturated rings. The third-order valence-corrected chi connectivity index (χ3v) is 5.31. The van der Waals surface area contributed by atoms with E-state index >= 15 is 0 Å². The Hall–Kier alpha value is -3.89. The van der Waals surface area contributed by atoms with E-state index in [1.807, 2.05) is 0 Å². The highest BCUT2D eigenvalue weighted by Crippen LogP contribution is 2.29. The molecule has 0 aliphatic heterocycles. The molecule has 0 aromatic heterocycles. The van der Waals surface area contributed by atoms with E-state index in [0.29, 0.717) is 21.5 Å². The Kier molecular flexibility index (Phi) is 8.82. The molecule has 35 heavy (non-hydrogen) atoms. The van der Waals surface area contributed by atoms with Crippen LogP contribution in [-0.4, -0.2) is 38.2 Å². The second-order valence-corrected chi connectivity index (χ2v) is 8.10. The number of carbonyl (C=O) groups excluding carboxylic acids is 3. The molecule has 0 saturated heterocycles. The molecular formula is C24H19BrClN3O6. The van der Waals surface area contributed by atoms with Crippen LogP contribution in [0.5, 0.6) is 17.2 Å². The summed E-state index contributed by atoms with van der Waals surface area (Å²) in [7, 11) is 2.95. The molecule has 2 N–H and O–H groups in total. The predicted octanol–water partition coefficient (Wildman–Crippen LogP) is 4.43. The molecule has 0 saturated carbocycles. The van der Waals surface area contributed by atoms with Crippen molar-refractivity contribution in [1.29, 1.82) is 0 Å². The lowest BCUT2D eigenvalue weighted by Crippen LogP contribution is -2.32. The van der Waals surface area contributed by atoms with Crippen molar-refractivity contribution in [2.45, 2.75) is 0 Å². The average molecular weight is 561 g/mol. The third kappa shape index (κ3) is 6.81. The second kappa shape index (κ2) is 12.0. The van der Waals surface area contributed by atoms with E-state index in [0.717, 1.165) is 0 Å². The van der Waals surface area contributed by atoms with Crippen LogP contribution in [0.25, 0.3) is 0 Å². The van der Waals surface area contributed by atoms with Crippen molar-refractivity contribution >= 4 is 57.2 Å². The summed E-state index contributed by atoms with van der Waals surface area (Å²) in [6, 6.07) is 15.9. The summed E-state index contributed by atoms with van der Waals surface area (Å²) in [5.74, 6) is -1.60. The summed E-state index contributed by atoms with van der Waals surface area (Å²) in [5, 5.41) is 6.46. The van der Waals surface area contributed by atoms with Crippen LogP contribution in [0.15, 0.2) is 70.2 Å². The lowest BCUT2D eigenvalue weighted by molar-refractivity contribution is -0.136. The van der Waals surface area contributed by atoms with Gasteiger partial charge in [0.25, 0.3) is 0 Å². The highest BCUT2D eigenvalue weighted by Gasteiger charge is 2.16. The summed E-state index contributed by atoms with van der Waals surface area (Å²) >= 11 is 9.31. The number of esters is 1. The highest BCUT2D eigenvalue weighted by molar-refractivity contribution is 9.10. The van der Waals surface area contributed by atoms with Crippen molar-refractivity contribution < 1.29 is 28.6 Å². The van der Waals surface area contributed by atoms with Gasteiger partial charge in [-0.25, -0.2) is 10.2 Å². The molecule has 3 rings (SSSR count). The van der Waals surface area contributed by atoms with Gasteiger partial charge < -0.3 is 19.5 Å². The first-order chi connectivity index (χ1) is 16.8. The molecule has 3 aromatic carbocycles. The lowest BCUT2D eigenvalue weighted by Gasteiger charge is -2.11. The van der Waals surface area contributed by atoms with Crippen LogP contribution in [0.1, 0.15) is 15.9 Å². The quantitative estimate of drug-likeness (QED) is 0.145. The van der Waals surface area contributed by atoms with Crippen LogP contribution >= 0.6 is 27.5 Å². The van der Waals surface area contributed by atoms with E-state index < -0.39 is 17.8 Å². The lowest BCUT2D eigenvalue weighted by atomic mass is 10.2. The number of para-hydroxylation sites is 1. The van der Waals surface area contributed by atoms with Gasteiger partial charge in [0.2, 0.25) is 0 Å². The number of rotatable bonds is 7. The molecule has 0 bridgehead atoms. The minimum atomic E-state index is -1.01. The van der Waals surface area contributed by atoms with E-state index in [2.05, 4.69) is 31.8 Å². The topological polar surface area (TPSA) is 115 Å². The van der Waals surface area contributed by atoms with Gasteiger partial charge in [0.1, 0.15) is 5.75 Å². The molecule has 2 amide bonds. The summed E-state index contributed by atoms with van der Waals surface area (Å²) < 4.78 is 16.6. The van der Waals surface area contributed by atoms with Crippen molar-refractivity contribution in [3.63, 3.8) is 0 Å². The summed E-state index contributed by atoms with van der Waals surface area (Å²) in [6.45, 7) is 0. The maximum atomic E-state index is 12.7. The number of nitrogens with one attached hydrogen (secondary N) is 2. The molecule has 0 spiro atoms. The van der Waals surface area contributed by atoms with E-state index in [1.165, 1.54) is 32.6 Å². The Morgan fingerprint density at radius 1 is 0.914 bits per heavy atom. The van der Waals surface area contributed by atoms with Gasteiger partial charge >= 0.3 is 17.8 Å². The Labute approximate surface area is 214 Å². The summed E-state index contributed by atoms with van der Waals surface area (Å²) in [5.41, 5.74) is 3.00. The number of halogens is 2. The van der Waals surface area contributed by atoms with Crippen LogP contribution in [0, 0.1) is 0 Å². The maximum absolute atomic E-state index is 12.7. The largest absolute Gasteiger partial charge is 0.493 e. The van der Waals surface area contributed by atoms with E-state index in [4.69, 9.17) is 25.8 Å². The van der Waals surface area contributed by atoms with Gasteiger partial charge in [0.15, 0.2) is 11.5 Å². The number of carbonyl (C=O) groups is 3. The van der Waals surface area contributed by atoms with Crippen LogP contribution in [0.4, 0.5) is 5.69 Å². The fourth-order valence-corrected chi connectivity index (χ4v) is 3.35. The molecule has 180 valence electrons. The van der Waals surface area contributed by atoms with E-state index in [1.54, 1.807) is 48.5 Å². The van der Waals surface area contributed by atoms with E-state index in [9.17, 15) is 14.4 Å². The van der Waals surface area contributed by atoms with Crippen molar-refractivity contribution in [2.24, 2.45) is 5.10 Å². The van der Waals surface area contributed by atoms with Crippen LogP contribution in [0.3, 0.4) is 0 Å². The molecule has 9 nitrogen and oxygen atoms in total. The van der Waals surface area contributed by atoms with Gasteiger partial charge in [-0.15, -0.1) is 0 Å². The van der Waals surface area contributed by atoms with Crippen LogP contribution < -0.4 is 25.0 Å². The van der Waals surface area contributed by atoms with Crippen molar-refractivity contribution in [3.8, 4) is 17.2 Å². The Morgan fingerprint density at radius 3 is 2.34 bits per heavy atom. The Balaban J connectivity index is 1.70. The molecule has 11 heteroatoms. The molecule has 3 aromatic rings. The number of hydrogen-bond donors (Lipinski definition) is 2. The fraction of sp³-hybridized carbons (Fsp3) is 0.0833. The first-order valence-electron chi connectivity index (χ1n) is 9.95. The first-order valence-corrected chi connectivity index (χ1v) is 11.1. The summed E-state index contributed by atoms with van der Waals surface area (Å²) in [4.78, 5) is 36.8. The Bertz CT molecular complexity index is 1300. The number of nitrogens with zero attached hydrogens (tertiary/aromatic N) is 1. The second-order valence-electron chi connectivity index (χ2n) is 6.77. The van der Waals surface area contributed by atoms with Gasteiger partial charge in [0.05, 0.1) is 36.7 Å². The number of hydrogen-bond acceptors (Lipinski definition) is 7. The number of anilines is 1. The molecule has 0 radical (unpaired) electrons. The maximum Gasteiger partial charge on any atom is 0.343 e. The number of benzene rings is 3. The molecule has 0 unspecified atom stereocenters. The minimum Gasteiger partial charge on any atom is -0.493 e. The zero-order valence-electron chi connectivity index (χ0n) is 18.5. The van der Waals surface area contributed by atoms with Crippen LogP contribution in [0.2, 0.25) is 5.02 Å². The fourth-order valence-electron chi connectivity index (χ4n) is 2.79. The standard InChI is InChI=1S/C24H19BrClN3O6/c1-33-20-9-7-14(12-21(20)34-2)24(32)35-19-10-8-16(25)11-15(19)13-27-29-23(31)22(30)28-18-6-4-3-5-17(18)26/h3-13H,1-2H3,(H,28,30)(H,29,31)/b27-13-. The van der Waals surface area contributed by atoms with Gasteiger partial charge in [0, 0.05) is 10.0 Å². The molecule has 0 heterocycles. The monoisotopic (exact) mass is 559 g/mol. The van der Waals surface area contributed by atoms with Crippen LogP contribution in [-0.2, 0) is 9.59 Å². The predicted molar refractivity (Wildman–Crippen MR) is 134 cm³/mol. The smallest absolute Gasteiger partial charge is 0.343 e. The number of methoxy groups -OCH3 is 2. The van der Waals surface area contributed by atoms with Gasteiger partial charge in [-0.1, -0.05) is 39.7 Å². The zero-order valence-corrected chi connectivity index (χ0v) is 20.8. The summed E-state index contributed by atoms with van der Waals surface area (Å²) in [6.07, 6.45) is 1.24. The van der Waals surface area contributed by atoms with Crippen molar-refractivity contribution in [3.05, 3.63) is 81.3 Å². The van der Waals surface area contributed by atoms with Crippen molar-refractivity contribution in [2.75, 3.05) is 19.5 Å². The molecule has 0 aliphatic rings. The van der Waals surface area contributed by atoms with E-state index in [-0.39, 0.29) is 22.0 Å². The highest BCUT2D eigenvalue weighted by atomic mass is 79.9. The van der Waals surface area contributed by atoms with Gasteiger partial charge in [-0.2, -0.15) is 5.10 Å². The normalized spacial score (nSPS) is 10.5. The third-order valence-electron chi connectivity index (χ3n) is 4.49. The molecule has 0 aliphatic carbocycles. The zero-order chi connectivity index (χ0) is 25.4. The SMILES string of the molecule is COc1ccc(C(=O)Oc2ccc(Br)cc2/C=N\NC(=O)C(=O)Nc2ccccc2Cl)cc1OC. The van der Waals surface area contributed by atoms with Gasteiger partial charge in [-0.3, -0.25) is 9.59 Å². The van der Waals surface area contributed by atoms with Crippen molar-refractivity contribution in [1.82, 2.24) is 5.43 Å².